The highest BCUT2D eigenvalue weighted by atomic mass is 32.2. The van der Waals surface area contributed by atoms with Crippen LogP contribution in [0, 0.1) is 12.8 Å². The van der Waals surface area contributed by atoms with Crippen LogP contribution >= 0.6 is 0 Å². The van der Waals surface area contributed by atoms with E-state index < -0.39 is 15.9 Å². The largest absolute Gasteiger partial charge is 0.355 e. The molecule has 7 nitrogen and oxygen atoms in total. The fourth-order valence-corrected chi connectivity index (χ4v) is 5.25. The predicted molar refractivity (Wildman–Crippen MR) is 118 cm³/mol. The van der Waals surface area contributed by atoms with Gasteiger partial charge in [0, 0.05) is 30.4 Å². The van der Waals surface area contributed by atoms with E-state index in [2.05, 4.69) is 17.4 Å². The molecule has 1 aliphatic rings. The second-order valence-electron chi connectivity index (χ2n) is 8.03. The number of aryl methyl sites for hydroxylation is 1. The third kappa shape index (κ3) is 4.70. The van der Waals surface area contributed by atoms with E-state index in [1.807, 2.05) is 31.2 Å². The zero-order valence-corrected chi connectivity index (χ0v) is 18.4. The summed E-state index contributed by atoms with van der Waals surface area (Å²) in [6.45, 7) is 5.14. The minimum absolute atomic E-state index is 0.148. The molecule has 1 amide bonds. The Hall–Kier alpha value is -2.97. The fraction of sp³-hybridized carbons (Fsp3) is 0.304. The first-order valence-corrected chi connectivity index (χ1v) is 11.7. The molecule has 0 unspecified atom stereocenters. The van der Waals surface area contributed by atoms with Gasteiger partial charge in [-0.2, -0.15) is 4.31 Å². The molecule has 1 atom stereocenters. The number of carbonyl (C=O) groups excluding carboxylic acids is 1. The van der Waals surface area contributed by atoms with E-state index in [1.165, 1.54) is 16.4 Å². The van der Waals surface area contributed by atoms with Gasteiger partial charge in [-0.3, -0.25) is 4.79 Å². The molecule has 0 bridgehead atoms. The van der Waals surface area contributed by atoms with Gasteiger partial charge in [-0.25, -0.2) is 8.42 Å². The molecule has 2 aromatic carbocycles. The lowest BCUT2D eigenvalue weighted by atomic mass is 10.0. The number of sulfonamides is 1. The number of amides is 1. The number of piperidine rings is 1. The predicted octanol–water partition coefficient (Wildman–Crippen LogP) is 4.32. The third-order valence-corrected chi connectivity index (χ3v) is 7.33. The fourth-order valence-electron chi connectivity index (χ4n) is 3.66. The molecule has 1 N–H and O–H groups in total. The van der Waals surface area contributed by atoms with E-state index in [9.17, 15) is 13.2 Å². The summed E-state index contributed by atoms with van der Waals surface area (Å²) in [5, 5.41) is 6.57. The van der Waals surface area contributed by atoms with E-state index in [1.54, 1.807) is 18.2 Å². The molecule has 1 aliphatic heterocycles. The van der Waals surface area contributed by atoms with E-state index >= 15 is 0 Å². The molecule has 3 aromatic rings. The molecular weight excluding hydrogens is 414 g/mol. The van der Waals surface area contributed by atoms with Crippen molar-refractivity contribution in [2.45, 2.75) is 31.6 Å². The van der Waals surface area contributed by atoms with Crippen LogP contribution in [0.15, 0.2) is 64.0 Å². The minimum atomic E-state index is -3.53. The van der Waals surface area contributed by atoms with Gasteiger partial charge in [-0.05, 0) is 49.9 Å². The van der Waals surface area contributed by atoms with Gasteiger partial charge < -0.3 is 9.84 Å². The Labute approximate surface area is 182 Å². The van der Waals surface area contributed by atoms with Crippen LogP contribution in [0.25, 0.3) is 11.3 Å². The molecule has 1 saturated heterocycles. The Morgan fingerprint density at radius 3 is 2.52 bits per heavy atom. The van der Waals surface area contributed by atoms with Crippen molar-refractivity contribution in [3.8, 4) is 11.3 Å². The normalized spacial score (nSPS) is 17.4. The highest BCUT2D eigenvalue weighted by Gasteiger charge is 2.28. The standard InChI is InChI=1S/C23H25N3O4S/c1-16-5-7-18(8-6-16)22-14-21(25-30-22)23(27)24-19-9-11-20(12-10-19)31(28,29)26-13-3-4-17(2)15-26/h5-12,14,17H,3-4,13,15H2,1-2H3,(H,24,27)/t17-/m1/s1. The molecule has 0 radical (unpaired) electrons. The van der Waals surface area contributed by atoms with Gasteiger partial charge in [0.05, 0.1) is 4.90 Å². The van der Waals surface area contributed by atoms with E-state index in [-0.39, 0.29) is 10.6 Å². The topological polar surface area (TPSA) is 92.5 Å². The highest BCUT2D eigenvalue weighted by Crippen LogP contribution is 2.25. The van der Waals surface area contributed by atoms with Gasteiger partial charge in [-0.15, -0.1) is 0 Å². The van der Waals surface area contributed by atoms with Crippen molar-refractivity contribution < 1.29 is 17.7 Å². The van der Waals surface area contributed by atoms with Crippen LogP contribution in [0.3, 0.4) is 0 Å². The Morgan fingerprint density at radius 2 is 1.84 bits per heavy atom. The van der Waals surface area contributed by atoms with E-state index in [0.717, 1.165) is 24.0 Å². The number of hydrogen-bond donors (Lipinski definition) is 1. The van der Waals surface area contributed by atoms with Crippen molar-refractivity contribution in [1.82, 2.24) is 9.46 Å². The number of rotatable bonds is 5. The Kier molecular flexibility index (Phi) is 5.93. The smallest absolute Gasteiger partial charge is 0.277 e. The van der Waals surface area contributed by atoms with Crippen LogP contribution < -0.4 is 5.32 Å². The lowest BCUT2D eigenvalue weighted by Gasteiger charge is -2.30. The minimum Gasteiger partial charge on any atom is -0.355 e. The number of nitrogens with one attached hydrogen (secondary N) is 1. The lowest BCUT2D eigenvalue weighted by molar-refractivity contribution is 0.101. The Bertz CT molecular complexity index is 1170. The molecule has 0 spiro atoms. The summed E-state index contributed by atoms with van der Waals surface area (Å²) in [6.07, 6.45) is 1.92. The summed E-state index contributed by atoms with van der Waals surface area (Å²) >= 11 is 0. The second-order valence-corrected chi connectivity index (χ2v) is 9.97. The summed E-state index contributed by atoms with van der Waals surface area (Å²) in [7, 11) is -3.53. The maximum atomic E-state index is 12.9. The van der Waals surface area contributed by atoms with Crippen molar-refractivity contribution in [1.29, 1.82) is 0 Å². The quantitative estimate of drug-likeness (QED) is 0.639. The van der Waals surface area contributed by atoms with Gasteiger partial charge in [0.25, 0.3) is 5.91 Å². The molecule has 31 heavy (non-hydrogen) atoms. The zero-order valence-electron chi connectivity index (χ0n) is 17.5. The first kappa shape index (κ1) is 21.3. The third-order valence-electron chi connectivity index (χ3n) is 5.45. The van der Waals surface area contributed by atoms with Gasteiger partial charge in [0.1, 0.15) is 0 Å². The first-order valence-electron chi connectivity index (χ1n) is 10.3. The monoisotopic (exact) mass is 439 g/mol. The number of hydrogen-bond acceptors (Lipinski definition) is 5. The molecule has 1 fully saturated rings. The van der Waals surface area contributed by atoms with Crippen molar-refractivity contribution in [2.75, 3.05) is 18.4 Å². The van der Waals surface area contributed by atoms with Gasteiger partial charge >= 0.3 is 0 Å². The molecule has 0 aliphatic carbocycles. The van der Waals surface area contributed by atoms with Crippen molar-refractivity contribution in [3.05, 3.63) is 65.9 Å². The summed E-state index contributed by atoms with van der Waals surface area (Å²) in [5.41, 5.74) is 2.59. The summed E-state index contributed by atoms with van der Waals surface area (Å²) in [5.74, 6) is 0.430. The van der Waals surface area contributed by atoms with Gasteiger partial charge in [0.15, 0.2) is 11.5 Å². The number of nitrogens with zero attached hydrogens (tertiary/aromatic N) is 2. The summed E-state index contributed by atoms with van der Waals surface area (Å²) < 4.78 is 32.6. The van der Waals surface area contributed by atoms with Crippen LogP contribution in [0.2, 0.25) is 0 Å². The van der Waals surface area contributed by atoms with Crippen LogP contribution in [0.5, 0.6) is 0 Å². The molecule has 2 heterocycles. The SMILES string of the molecule is Cc1ccc(-c2cc(C(=O)Nc3ccc(S(=O)(=O)N4CCC[C@@H](C)C4)cc3)no2)cc1. The summed E-state index contributed by atoms with van der Waals surface area (Å²) in [6, 6.07) is 15.5. The molecule has 162 valence electrons. The maximum Gasteiger partial charge on any atom is 0.277 e. The first-order chi connectivity index (χ1) is 14.8. The molecule has 0 saturated carbocycles. The highest BCUT2D eigenvalue weighted by molar-refractivity contribution is 7.89. The molecular formula is C23H25N3O4S. The van der Waals surface area contributed by atoms with Crippen LogP contribution in [-0.2, 0) is 10.0 Å². The Morgan fingerprint density at radius 1 is 1.13 bits per heavy atom. The van der Waals surface area contributed by atoms with Crippen LogP contribution in [0.4, 0.5) is 5.69 Å². The average Bonchev–Trinajstić information content (AvgIpc) is 3.25. The lowest BCUT2D eigenvalue weighted by Crippen LogP contribution is -2.39. The van der Waals surface area contributed by atoms with Crippen LogP contribution in [0.1, 0.15) is 35.8 Å². The van der Waals surface area contributed by atoms with Gasteiger partial charge in [0.2, 0.25) is 10.0 Å². The van der Waals surface area contributed by atoms with Crippen LogP contribution in [-0.4, -0.2) is 36.9 Å². The maximum absolute atomic E-state index is 12.9. The zero-order chi connectivity index (χ0) is 22.0. The Balaban J connectivity index is 1.44. The number of anilines is 1. The molecule has 8 heteroatoms. The van der Waals surface area contributed by atoms with Crippen molar-refractivity contribution in [3.63, 3.8) is 0 Å². The summed E-state index contributed by atoms with van der Waals surface area (Å²) in [4.78, 5) is 12.7. The molecule has 1 aromatic heterocycles. The van der Waals surface area contributed by atoms with E-state index in [4.69, 9.17) is 4.52 Å². The second kappa shape index (κ2) is 8.64. The number of benzene rings is 2. The average molecular weight is 440 g/mol. The number of aromatic nitrogens is 1. The van der Waals surface area contributed by atoms with Crippen molar-refractivity contribution >= 4 is 21.6 Å². The molecule has 4 rings (SSSR count). The van der Waals surface area contributed by atoms with Crippen molar-refractivity contribution in [2.24, 2.45) is 5.92 Å². The van der Waals surface area contributed by atoms with E-state index in [0.29, 0.717) is 30.5 Å². The van der Waals surface area contributed by atoms with Gasteiger partial charge in [-0.1, -0.05) is 41.9 Å². The number of carbonyl (C=O) groups is 1.